The Morgan fingerprint density at radius 2 is 2.06 bits per heavy atom. The van der Waals surface area contributed by atoms with Gasteiger partial charge in [-0.2, -0.15) is 0 Å². The highest BCUT2D eigenvalue weighted by Crippen LogP contribution is 2.44. The number of carbonyl (C=O) groups is 2. The van der Waals surface area contributed by atoms with Gasteiger partial charge in [-0.1, -0.05) is 23.5 Å². The maximum atomic E-state index is 14.1. The van der Waals surface area contributed by atoms with Crippen molar-refractivity contribution in [3.63, 3.8) is 0 Å². The van der Waals surface area contributed by atoms with E-state index >= 15 is 0 Å². The van der Waals surface area contributed by atoms with Gasteiger partial charge in [0.25, 0.3) is 5.91 Å². The van der Waals surface area contributed by atoms with Gasteiger partial charge in [0, 0.05) is 0 Å². The highest BCUT2D eigenvalue weighted by Gasteiger charge is 2.46. The van der Waals surface area contributed by atoms with Crippen molar-refractivity contribution in [1.29, 1.82) is 0 Å². The van der Waals surface area contributed by atoms with Gasteiger partial charge in [-0.15, -0.1) is 0 Å². The predicted molar refractivity (Wildman–Crippen MR) is 115 cm³/mol. The number of fused-ring (bicyclic) bond motifs is 1. The van der Waals surface area contributed by atoms with Crippen molar-refractivity contribution in [3.05, 3.63) is 89.3 Å². The van der Waals surface area contributed by atoms with Gasteiger partial charge >= 0.3 is 0 Å². The van der Waals surface area contributed by atoms with Gasteiger partial charge in [-0.25, -0.2) is 9.37 Å². The first-order chi connectivity index (χ1) is 15.5. The lowest BCUT2D eigenvalue weighted by atomic mass is 9.95. The fraction of sp³-hybridized carbons (Fsp3) is 0.0870. The van der Waals surface area contributed by atoms with Crippen molar-refractivity contribution >= 4 is 38.4 Å². The van der Waals surface area contributed by atoms with Crippen LogP contribution in [0.2, 0.25) is 0 Å². The molecule has 1 aliphatic rings. The molecule has 0 saturated heterocycles. The Bertz CT molecular complexity index is 1390. The number of furan rings is 1. The minimum absolute atomic E-state index is 0.0448. The van der Waals surface area contributed by atoms with E-state index in [2.05, 4.69) is 4.98 Å². The third kappa shape index (κ3) is 3.14. The van der Waals surface area contributed by atoms with E-state index in [1.807, 2.05) is 0 Å². The van der Waals surface area contributed by atoms with E-state index in [1.165, 1.54) is 52.8 Å². The number of thiazole rings is 1. The summed E-state index contributed by atoms with van der Waals surface area (Å²) in [6, 6.07) is 12.7. The fourth-order valence-corrected chi connectivity index (χ4v) is 4.71. The van der Waals surface area contributed by atoms with Gasteiger partial charge in [-0.3, -0.25) is 14.5 Å². The zero-order valence-corrected chi connectivity index (χ0v) is 17.4. The van der Waals surface area contributed by atoms with Crippen LogP contribution in [-0.2, 0) is 4.79 Å². The third-order valence-corrected chi connectivity index (χ3v) is 6.17. The Labute approximate surface area is 185 Å². The number of hydrogen-bond donors (Lipinski definition) is 1. The van der Waals surface area contributed by atoms with Gasteiger partial charge in [0.2, 0.25) is 5.78 Å². The maximum Gasteiger partial charge on any atom is 0.296 e. The SMILES string of the molecule is COc1ccc2nc(N3C(=O)C(O)=C(C(=O)c4ccco4)[C@H]3c3cccc(F)c3)sc2c1. The van der Waals surface area contributed by atoms with Crippen LogP contribution in [0.25, 0.3) is 10.2 Å². The van der Waals surface area contributed by atoms with E-state index in [0.29, 0.717) is 16.8 Å². The van der Waals surface area contributed by atoms with Crippen LogP contribution in [-0.4, -0.2) is 28.9 Å². The number of rotatable bonds is 5. The monoisotopic (exact) mass is 450 g/mol. The molecule has 3 heterocycles. The van der Waals surface area contributed by atoms with Crippen LogP contribution in [0.1, 0.15) is 22.2 Å². The van der Waals surface area contributed by atoms with Crippen LogP contribution in [0.5, 0.6) is 5.75 Å². The molecule has 0 aliphatic carbocycles. The van der Waals surface area contributed by atoms with Crippen LogP contribution in [0, 0.1) is 5.82 Å². The summed E-state index contributed by atoms with van der Waals surface area (Å²) in [4.78, 5) is 32.0. The summed E-state index contributed by atoms with van der Waals surface area (Å²) in [6.45, 7) is 0. The largest absolute Gasteiger partial charge is 0.503 e. The summed E-state index contributed by atoms with van der Waals surface area (Å²) < 4.78 is 25.3. The zero-order chi connectivity index (χ0) is 22.4. The smallest absolute Gasteiger partial charge is 0.296 e. The number of methoxy groups -OCH3 is 1. The topological polar surface area (TPSA) is 92.9 Å². The molecule has 5 rings (SSSR count). The standard InChI is InChI=1S/C23H15FN2O5S/c1-30-14-7-8-15-17(11-14)32-23(25-15)26-19(12-4-2-5-13(24)10-12)18(21(28)22(26)29)20(27)16-6-3-9-31-16/h2-11,19,28H,1H3/t19-/m1/s1. The van der Waals surface area contributed by atoms with Crippen molar-refractivity contribution in [2.75, 3.05) is 12.0 Å². The molecule has 0 fully saturated rings. The number of amides is 1. The Morgan fingerprint density at radius 1 is 1.22 bits per heavy atom. The molecule has 0 radical (unpaired) electrons. The molecule has 9 heteroatoms. The van der Waals surface area contributed by atoms with Gasteiger partial charge < -0.3 is 14.3 Å². The molecule has 32 heavy (non-hydrogen) atoms. The van der Waals surface area contributed by atoms with Crippen LogP contribution < -0.4 is 9.64 Å². The van der Waals surface area contributed by atoms with E-state index in [0.717, 1.165) is 4.70 Å². The molecule has 4 aromatic rings. The van der Waals surface area contributed by atoms with Crippen LogP contribution in [0.4, 0.5) is 9.52 Å². The van der Waals surface area contributed by atoms with Gasteiger partial charge in [-0.05, 0) is 48.0 Å². The number of aliphatic hydroxyl groups excluding tert-OH is 1. The van der Waals surface area contributed by atoms with Crippen molar-refractivity contribution in [2.45, 2.75) is 6.04 Å². The number of aromatic nitrogens is 1. The number of hydrogen-bond acceptors (Lipinski definition) is 7. The van der Waals surface area contributed by atoms with E-state index in [1.54, 1.807) is 31.4 Å². The number of carbonyl (C=O) groups excluding carboxylic acids is 2. The molecule has 7 nitrogen and oxygen atoms in total. The number of anilines is 1. The first-order valence-corrected chi connectivity index (χ1v) is 10.3. The summed E-state index contributed by atoms with van der Waals surface area (Å²) in [5.74, 6) is -2.16. The summed E-state index contributed by atoms with van der Waals surface area (Å²) in [5.41, 5.74) is 0.725. The van der Waals surface area contributed by atoms with Crippen molar-refractivity contribution in [1.82, 2.24) is 4.98 Å². The number of aliphatic hydroxyl groups is 1. The van der Waals surface area contributed by atoms with E-state index in [-0.39, 0.29) is 16.5 Å². The molecule has 0 spiro atoms. The van der Waals surface area contributed by atoms with Crippen LogP contribution >= 0.6 is 11.3 Å². The molecule has 0 unspecified atom stereocenters. The Kier molecular flexibility index (Phi) is 4.75. The molecular weight excluding hydrogens is 435 g/mol. The van der Waals surface area contributed by atoms with E-state index < -0.39 is 29.3 Å². The average Bonchev–Trinajstić information content (AvgIpc) is 3.51. The number of ketones is 1. The summed E-state index contributed by atoms with van der Waals surface area (Å²) in [6.07, 6.45) is 1.32. The lowest BCUT2D eigenvalue weighted by Gasteiger charge is -2.24. The maximum absolute atomic E-state index is 14.1. The Morgan fingerprint density at radius 3 is 2.78 bits per heavy atom. The van der Waals surface area contributed by atoms with Crippen molar-refractivity contribution < 1.29 is 28.2 Å². The van der Waals surface area contributed by atoms with Gasteiger partial charge in [0.05, 0.1) is 35.2 Å². The predicted octanol–water partition coefficient (Wildman–Crippen LogP) is 4.82. The molecule has 2 aromatic carbocycles. The minimum Gasteiger partial charge on any atom is -0.503 e. The summed E-state index contributed by atoms with van der Waals surface area (Å²) in [7, 11) is 1.54. The molecule has 2 aromatic heterocycles. The lowest BCUT2D eigenvalue weighted by molar-refractivity contribution is -0.117. The second-order valence-electron chi connectivity index (χ2n) is 7.03. The fourth-order valence-electron chi connectivity index (χ4n) is 3.69. The highest BCUT2D eigenvalue weighted by molar-refractivity contribution is 7.22. The third-order valence-electron chi connectivity index (χ3n) is 5.15. The Balaban J connectivity index is 1.68. The summed E-state index contributed by atoms with van der Waals surface area (Å²) in [5, 5.41) is 11.0. The first kappa shape index (κ1) is 20.0. The molecule has 1 amide bonds. The molecule has 0 saturated carbocycles. The van der Waals surface area contributed by atoms with Crippen molar-refractivity contribution in [3.8, 4) is 5.75 Å². The minimum atomic E-state index is -1.08. The number of Topliss-reactive ketones (excluding diaryl/α,β-unsaturated/α-hetero) is 1. The number of nitrogens with zero attached hydrogens (tertiary/aromatic N) is 2. The van der Waals surface area contributed by atoms with Gasteiger partial charge in [0.15, 0.2) is 16.7 Å². The van der Waals surface area contributed by atoms with E-state index in [9.17, 15) is 19.1 Å². The quantitative estimate of drug-likeness (QED) is 0.438. The Hall–Kier alpha value is -3.98. The summed E-state index contributed by atoms with van der Waals surface area (Å²) >= 11 is 1.19. The first-order valence-electron chi connectivity index (χ1n) is 9.53. The molecular formula is C23H15FN2O5S. The van der Waals surface area contributed by atoms with Crippen molar-refractivity contribution in [2.24, 2.45) is 0 Å². The molecule has 1 atom stereocenters. The zero-order valence-electron chi connectivity index (χ0n) is 16.6. The number of benzene rings is 2. The second kappa shape index (κ2) is 7.61. The average molecular weight is 450 g/mol. The van der Waals surface area contributed by atoms with Crippen LogP contribution in [0.15, 0.2) is 76.6 Å². The van der Waals surface area contributed by atoms with Gasteiger partial charge in [0.1, 0.15) is 11.6 Å². The van der Waals surface area contributed by atoms with E-state index in [4.69, 9.17) is 9.15 Å². The number of halogens is 1. The number of ether oxygens (including phenoxy) is 1. The second-order valence-corrected chi connectivity index (χ2v) is 8.04. The van der Waals surface area contributed by atoms with Crippen LogP contribution in [0.3, 0.4) is 0 Å². The lowest BCUT2D eigenvalue weighted by Crippen LogP contribution is -2.31. The molecule has 160 valence electrons. The molecule has 1 aliphatic heterocycles. The highest BCUT2D eigenvalue weighted by atomic mass is 32.1. The normalized spacial score (nSPS) is 16.2. The molecule has 1 N–H and O–H groups in total. The molecule has 0 bridgehead atoms.